The van der Waals surface area contributed by atoms with Gasteiger partial charge in [0, 0.05) is 19.1 Å². The van der Waals surface area contributed by atoms with Crippen molar-refractivity contribution in [3.63, 3.8) is 0 Å². The fraction of sp³-hybridized carbons (Fsp3) is 0.500. The Balaban J connectivity index is 2.25. The minimum atomic E-state index is 0.0844. The minimum absolute atomic E-state index is 0.0844. The average Bonchev–Trinajstić information content (AvgIpc) is 2.24. The quantitative estimate of drug-likeness (QED) is 0.735. The Kier molecular flexibility index (Phi) is 5.70. The number of carbonyl (C=O) groups is 1. The molecule has 1 amide bonds. The van der Waals surface area contributed by atoms with Crippen molar-refractivity contribution in [1.29, 1.82) is 0 Å². The van der Waals surface area contributed by atoms with E-state index in [-0.39, 0.29) is 5.91 Å². The van der Waals surface area contributed by atoms with Crippen LogP contribution in [-0.4, -0.2) is 25.0 Å². The number of benzene rings is 1. The van der Waals surface area contributed by atoms with Crippen LogP contribution < -0.4 is 10.6 Å². The van der Waals surface area contributed by atoms with E-state index in [4.69, 9.17) is 0 Å². The third kappa shape index (κ3) is 6.07. The van der Waals surface area contributed by atoms with Crippen molar-refractivity contribution < 1.29 is 4.79 Å². The van der Waals surface area contributed by atoms with Gasteiger partial charge < -0.3 is 10.6 Å². The fourth-order valence-electron chi connectivity index (χ4n) is 1.63. The van der Waals surface area contributed by atoms with Crippen LogP contribution in [0.2, 0.25) is 0 Å². The smallest absolute Gasteiger partial charge is 0.224 e. The Morgan fingerprint density at radius 2 is 2.06 bits per heavy atom. The zero-order chi connectivity index (χ0) is 12.7. The van der Waals surface area contributed by atoms with Gasteiger partial charge in [0.05, 0.1) is 6.42 Å². The first-order valence-electron chi connectivity index (χ1n) is 6.13. The Bertz CT molecular complexity index is 361. The zero-order valence-corrected chi connectivity index (χ0v) is 10.9. The van der Waals surface area contributed by atoms with E-state index in [1.807, 2.05) is 31.2 Å². The van der Waals surface area contributed by atoms with E-state index in [9.17, 15) is 4.79 Å². The Morgan fingerprint density at radius 1 is 1.29 bits per heavy atom. The Hall–Kier alpha value is -1.35. The van der Waals surface area contributed by atoms with Gasteiger partial charge in [-0.1, -0.05) is 43.7 Å². The molecule has 0 bridgehead atoms. The van der Waals surface area contributed by atoms with Crippen molar-refractivity contribution in [1.82, 2.24) is 10.6 Å². The van der Waals surface area contributed by atoms with Gasteiger partial charge in [0.2, 0.25) is 5.91 Å². The average molecular weight is 234 g/mol. The van der Waals surface area contributed by atoms with Crippen LogP contribution in [0, 0.1) is 6.92 Å². The van der Waals surface area contributed by atoms with E-state index < -0.39 is 0 Å². The molecule has 0 saturated carbocycles. The predicted octanol–water partition coefficient (Wildman–Crippen LogP) is 1.65. The summed E-state index contributed by atoms with van der Waals surface area (Å²) < 4.78 is 0. The van der Waals surface area contributed by atoms with Gasteiger partial charge in [-0.3, -0.25) is 4.79 Å². The molecule has 3 heteroatoms. The number of aryl methyl sites for hydroxylation is 1. The van der Waals surface area contributed by atoms with Crippen molar-refractivity contribution in [2.45, 2.75) is 33.2 Å². The maximum absolute atomic E-state index is 11.6. The molecule has 1 aromatic carbocycles. The zero-order valence-electron chi connectivity index (χ0n) is 10.9. The lowest BCUT2D eigenvalue weighted by Crippen LogP contribution is -2.35. The number of hydrogen-bond acceptors (Lipinski definition) is 2. The Morgan fingerprint density at radius 3 is 2.71 bits per heavy atom. The van der Waals surface area contributed by atoms with Crippen LogP contribution >= 0.6 is 0 Å². The molecular weight excluding hydrogens is 212 g/mol. The first-order chi connectivity index (χ1) is 8.08. The summed E-state index contributed by atoms with van der Waals surface area (Å²) in [5.74, 6) is 0.0844. The van der Waals surface area contributed by atoms with Crippen LogP contribution in [0.15, 0.2) is 24.3 Å². The number of carbonyl (C=O) groups excluding carboxylic acids is 1. The van der Waals surface area contributed by atoms with E-state index in [1.165, 1.54) is 5.56 Å². The van der Waals surface area contributed by atoms with Crippen molar-refractivity contribution in [2.75, 3.05) is 13.1 Å². The number of rotatable bonds is 6. The molecule has 94 valence electrons. The highest BCUT2D eigenvalue weighted by atomic mass is 16.1. The molecule has 1 aromatic rings. The third-order valence-corrected chi connectivity index (χ3v) is 2.45. The number of hydrogen-bond donors (Lipinski definition) is 2. The molecule has 0 aliphatic carbocycles. The summed E-state index contributed by atoms with van der Waals surface area (Å²) in [5, 5.41) is 6.16. The lowest BCUT2D eigenvalue weighted by molar-refractivity contribution is -0.120. The molecule has 17 heavy (non-hydrogen) atoms. The van der Waals surface area contributed by atoms with Gasteiger partial charge in [0.25, 0.3) is 0 Å². The molecule has 0 radical (unpaired) electrons. The summed E-state index contributed by atoms with van der Waals surface area (Å²) in [6.07, 6.45) is 0.462. The molecule has 0 spiro atoms. The van der Waals surface area contributed by atoms with Gasteiger partial charge in [0.1, 0.15) is 0 Å². The number of nitrogens with one attached hydrogen (secondary N) is 2. The van der Waals surface area contributed by atoms with Gasteiger partial charge >= 0.3 is 0 Å². The molecule has 1 rings (SSSR count). The molecule has 0 aliphatic rings. The molecule has 0 atom stereocenters. The normalized spacial score (nSPS) is 10.6. The molecule has 0 unspecified atom stereocenters. The standard InChI is InChI=1S/C14H22N2O/c1-11(2)15-7-8-16-14(17)10-13-6-4-5-12(3)9-13/h4-6,9,11,15H,7-8,10H2,1-3H3,(H,16,17). The van der Waals surface area contributed by atoms with E-state index in [2.05, 4.69) is 24.5 Å². The van der Waals surface area contributed by atoms with E-state index >= 15 is 0 Å². The molecule has 0 heterocycles. The summed E-state index contributed by atoms with van der Waals surface area (Å²) in [7, 11) is 0. The topological polar surface area (TPSA) is 41.1 Å². The fourth-order valence-corrected chi connectivity index (χ4v) is 1.63. The maximum atomic E-state index is 11.6. The second-order valence-corrected chi connectivity index (χ2v) is 4.62. The second-order valence-electron chi connectivity index (χ2n) is 4.62. The van der Waals surface area contributed by atoms with Crippen LogP contribution in [0.25, 0.3) is 0 Å². The summed E-state index contributed by atoms with van der Waals surface area (Å²) >= 11 is 0. The van der Waals surface area contributed by atoms with Crippen LogP contribution in [0.4, 0.5) is 0 Å². The maximum Gasteiger partial charge on any atom is 0.224 e. The Labute approximate surface area is 104 Å². The van der Waals surface area contributed by atoms with Crippen molar-refractivity contribution in [3.8, 4) is 0 Å². The van der Waals surface area contributed by atoms with Crippen LogP contribution in [0.1, 0.15) is 25.0 Å². The van der Waals surface area contributed by atoms with Gasteiger partial charge in [0.15, 0.2) is 0 Å². The van der Waals surface area contributed by atoms with E-state index in [0.29, 0.717) is 19.0 Å². The van der Waals surface area contributed by atoms with Gasteiger partial charge in [-0.2, -0.15) is 0 Å². The summed E-state index contributed by atoms with van der Waals surface area (Å²) in [6.45, 7) is 7.72. The minimum Gasteiger partial charge on any atom is -0.355 e. The molecule has 2 N–H and O–H groups in total. The highest BCUT2D eigenvalue weighted by Crippen LogP contribution is 2.04. The van der Waals surface area contributed by atoms with Crippen LogP contribution in [-0.2, 0) is 11.2 Å². The lowest BCUT2D eigenvalue weighted by atomic mass is 10.1. The number of amides is 1. The van der Waals surface area contributed by atoms with Gasteiger partial charge in [-0.15, -0.1) is 0 Å². The lowest BCUT2D eigenvalue weighted by Gasteiger charge is -2.09. The van der Waals surface area contributed by atoms with Crippen molar-refractivity contribution >= 4 is 5.91 Å². The SMILES string of the molecule is Cc1cccc(CC(=O)NCCNC(C)C)c1. The third-order valence-electron chi connectivity index (χ3n) is 2.45. The molecule has 0 aromatic heterocycles. The van der Waals surface area contributed by atoms with Crippen LogP contribution in [0.5, 0.6) is 0 Å². The second kappa shape index (κ2) is 7.07. The summed E-state index contributed by atoms with van der Waals surface area (Å²) in [6, 6.07) is 8.51. The molecule has 3 nitrogen and oxygen atoms in total. The first kappa shape index (κ1) is 13.7. The summed E-state index contributed by atoms with van der Waals surface area (Å²) in [5.41, 5.74) is 2.26. The van der Waals surface area contributed by atoms with Gasteiger partial charge in [-0.25, -0.2) is 0 Å². The van der Waals surface area contributed by atoms with Crippen molar-refractivity contribution in [2.24, 2.45) is 0 Å². The molecule has 0 saturated heterocycles. The van der Waals surface area contributed by atoms with E-state index in [1.54, 1.807) is 0 Å². The van der Waals surface area contributed by atoms with Crippen LogP contribution in [0.3, 0.4) is 0 Å². The molecule has 0 aliphatic heterocycles. The summed E-state index contributed by atoms with van der Waals surface area (Å²) in [4.78, 5) is 11.6. The van der Waals surface area contributed by atoms with Crippen molar-refractivity contribution in [3.05, 3.63) is 35.4 Å². The monoisotopic (exact) mass is 234 g/mol. The molecular formula is C14H22N2O. The van der Waals surface area contributed by atoms with E-state index in [0.717, 1.165) is 12.1 Å². The highest BCUT2D eigenvalue weighted by Gasteiger charge is 2.02. The first-order valence-corrected chi connectivity index (χ1v) is 6.13. The highest BCUT2D eigenvalue weighted by molar-refractivity contribution is 5.78. The molecule has 0 fully saturated rings. The van der Waals surface area contributed by atoms with Gasteiger partial charge in [-0.05, 0) is 12.5 Å². The predicted molar refractivity (Wildman–Crippen MR) is 71.0 cm³/mol. The largest absolute Gasteiger partial charge is 0.355 e.